The molecule has 294 valence electrons. The molecule has 2 aromatic carbocycles. The molecule has 0 aliphatic heterocycles. The van der Waals surface area contributed by atoms with E-state index in [9.17, 15) is 9.46 Å². The molecular weight excluding hydrogens is 649 g/mol. The standard InChI is InChI=1S/C30H47O4P.C15H34N/c1-3-5-7-9-11-13-15-21-27-23-17-19-25-29(27)33-35(31,32)34-30-26-20-18-24-28(30)22-16-14-12-10-8-6-4-2;1-5-6-7-8-9-10-11-12-13-14-15-16(2,3)4/h17-20,23-26H,3-16,21-22H2,1-2H3,(H,31,32);5-15H2,1-4H3/q;+1/p-1. The Hall–Kier alpha value is -1.81. The lowest BCUT2D eigenvalue weighted by atomic mass is 10.0. The predicted molar refractivity (Wildman–Crippen MR) is 220 cm³/mol. The van der Waals surface area contributed by atoms with Gasteiger partial charge in [0.2, 0.25) is 0 Å². The number of aryl methyl sites for hydroxylation is 2. The van der Waals surface area contributed by atoms with Gasteiger partial charge in [-0.1, -0.05) is 186 Å². The van der Waals surface area contributed by atoms with Crippen molar-refractivity contribution < 1.29 is 23.0 Å². The molecule has 0 radical (unpaired) electrons. The second-order valence-corrected chi connectivity index (χ2v) is 17.0. The summed E-state index contributed by atoms with van der Waals surface area (Å²) in [4.78, 5) is 12.8. The Kier molecular flexibility index (Phi) is 28.4. The van der Waals surface area contributed by atoms with Crippen LogP contribution in [0.15, 0.2) is 48.5 Å². The minimum absolute atomic E-state index is 0.376. The predicted octanol–water partition coefficient (Wildman–Crippen LogP) is 13.8. The molecule has 0 atom stereocenters. The van der Waals surface area contributed by atoms with Crippen molar-refractivity contribution in [3.8, 4) is 11.5 Å². The maximum Gasteiger partial charge on any atom is 0.372 e. The SMILES string of the molecule is CCCCCCCCCCCC[N+](C)(C)C.CCCCCCCCCc1ccccc1OP(=O)([O-])Oc1ccccc1CCCCCCCCC. The molecule has 0 unspecified atom stereocenters. The van der Waals surface area contributed by atoms with Crippen molar-refractivity contribution in [2.45, 2.75) is 188 Å². The van der Waals surface area contributed by atoms with E-state index < -0.39 is 7.82 Å². The van der Waals surface area contributed by atoms with E-state index in [0.717, 1.165) is 54.1 Å². The molecule has 0 heterocycles. The number of hydrogen-bond acceptors (Lipinski definition) is 4. The minimum Gasteiger partial charge on any atom is -0.736 e. The lowest BCUT2D eigenvalue weighted by Crippen LogP contribution is -2.35. The van der Waals surface area contributed by atoms with E-state index in [-0.39, 0.29) is 0 Å². The van der Waals surface area contributed by atoms with Crippen LogP contribution in [0, 0.1) is 0 Å². The topological polar surface area (TPSA) is 58.6 Å². The first kappa shape index (κ1) is 47.2. The van der Waals surface area contributed by atoms with E-state index in [1.165, 1.54) is 135 Å². The molecule has 0 spiro atoms. The van der Waals surface area contributed by atoms with Crippen molar-refractivity contribution in [3.05, 3.63) is 59.7 Å². The first-order valence-corrected chi connectivity index (χ1v) is 22.7. The number of rotatable bonds is 31. The summed E-state index contributed by atoms with van der Waals surface area (Å²) in [6.45, 7) is 8.07. The molecule has 0 N–H and O–H groups in total. The third-order valence-electron chi connectivity index (χ3n) is 9.65. The monoisotopic (exact) mass is 730 g/mol. The highest BCUT2D eigenvalue weighted by Gasteiger charge is 2.17. The molecule has 6 heteroatoms. The van der Waals surface area contributed by atoms with Crippen molar-refractivity contribution in [2.24, 2.45) is 0 Å². The van der Waals surface area contributed by atoms with E-state index in [2.05, 4.69) is 41.9 Å². The van der Waals surface area contributed by atoms with E-state index in [1.54, 1.807) is 24.3 Å². The fraction of sp³-hybridized carbons (Fsp3) is 0.733. The summed E-state index contributed by atoms with van der Waals surface area (Å²) in [7, 11) is 2.30. The van der Waals surface area contributed by atoms with Crippen LogP contribution in [0.25, 0.3) is 0 Å². The molecular formula is C45H80NO4P. The number of quaternary nitrogens is 1. The number of hydrogen-bond donors (Lipinski definition) is 0. The average Bonchev–Trinajstić information content (AvgIpc) is 3.09. The second kappa shape index (κ2) is 30.6. The number of phosphoric ester groups is 1. The van der Waals surface area contributed by atoms with Crippen molar-refractivity contribution in [2.75, 3.05) is 27.7 Å². The zero-order valence-corrected chi connectivity index (χ0v) is 35.1. The molecule has 2 rings (SSSR count). The van der Waals surface area contributed by atoms with Crippen LogP contribution in [0.5, 0.6) is 11.5 Å². The van der Waals surface area contributed by atoms with Gasteiger partial charge in [0.05, 0.1) is 27.7 Å². The first-order chi connectivity index (χ1) is 24.6. The Morgan fingerprint density at radius 3 is 1.10 bits per heavy atom. The van der Waals surface area contributed by atoms with Crippen molar-refractivity contribution in [3.63, 3.8) is 0 Å². The zero-order valence-electron chi connectivity index (χ0n) is 34.2. The van der Waals surface area contributed by atoms with Crippen LogP contribution in [-0.2, 0) is 17.4 Å². The van der Waals surface area contributed by atoms with Gasteiger partial charge in [-0.15, -0.1) is 0 Å². The summed E-state index contributed by atoms with van der Waals surface area (Å²) in [5.41, 5.74) is 1.83. The summed E-state index contributed by atoms with van der Waals surface area (Å²) < 4.78 is 24.9. The zero-order chi connectivity index (χ0) is 37.5. The van der Waals surface area contributed by atoms with Gasteiger partial charge < -0.3 is 18.4 Å². The second-order valence-electron chi connectivity index (χ2n) is 15.8. The summed E-state index contributed by atoms with van der Waals surface area (Å²) in [6.07, 6.45) is 33.1. The van der Waals surface area contributed by atoms with Gasteiger partial charge in [0, 0.05) is 0 Å². The molecule has 0 aliphatic rings. The Bertz CT molecular complexity index is 1060. The molecule has 0 amide bonds. The van der Waals surface area contributed by atoms with Crippen molar-refractivity contribution >= 4 is 7.82 Å². The smallest absolute Gasteiger partial charge is 0.372 e. The third-order valence-corrected chi connectivity index (χ3v) is 10.5. The molecule has 0 saturated heterocycles. The van der Waals surface area contributed by atoms with Gasteiger partial charge in [0.1, 0.15) is 11.5 Å². The molecule has 0 fully saturated rings. The summed E-state index contributed by atoms with van der Waals surface area (Å²) >= 11 is 0. The van der Waals surface area contributed by atoms with Gasteiger partial charge in [-0.25, -0.2) is 4.57 Å². The molecule has 51 heavy (non-hydrogen) atoms. The Labute approximate surface area is 316 Å². The molecule has 0 aliphatic carbocycles. The van der Waals surface area contributed by atoms with Gasteiger partial charge in [0.15, 0.2) is 0 Å². The van der Waals surface area contributed by atoms with E-state index in [0.29, 0.717) is 11.5 Å². The summed E-state index contributed by atoms with van der Waals surface area (Å²) in [6, 6.07) is 14.8. The Balaban J connectivity index is 0.000000683. The largest absolute Gasteiger partial charge is 0.736 e. The lowest BCUT2D eigenvalue weighted by molar-refractivity contribution is -0.870. The maximum absolute atomic E-state index is 12.8. The van der Waals surface area contributed by atoms with Crippen molar-refractivity contribution in [1.29, 1.82) is 0 Å². The van der Waals surface area contributed by atoms with Crippen LogP contribution in [0.2, 0.25) is 0 Å². The van der Waals surface area contributed by atoms with E-state index in [1.807, 2.05) is 24.3 Å². The Morgan fingerprint density at radius 2 is 0.765 bits per heavy atom. The quantitative estimate of drug-likeness (QED) is 0.0440. The van der Waals surface area contributed by atoms with Crippen LogP contribution in [0.1, 0.15) is 186 Å². The number of para-hydroxylation sites is 2. The van der Waals surface area contributed by atoms with Crippen LogP contribution in [0.3, 0.4) is 0 Å². The van der Waals surface area contributed by atoms with Gasteiger partial charge in [0.25, 0.3) is 0 Å². The lowest BCUT2D eigenvalue weighted by Gasteiger charge is -2.26. The van der Waals surface area contributed by atoms with Crippen LogP contribution in [0.4, 0.5) is 0 Å². The Morgan fingerprint density at radius 1 is 0.471 bits per heavy atom. The molecule has 0 saturated carbocycles. The van der Waals surface area contributed by atoms with E-state index >= 15 is 0 Å². The highest BCUT2D eigenvalue weighted by Crippen LogP contribution is 2.43. The molecule has 5 nitrogen and oxygen atoms in total. The van der Waals surface area contributed by atoms with Crippen LogP contribution >= 0.6 is 7.82 Å². The number of nitrogens with zero attached hydrogens (tertiary/aromatic N) is 1. The molecule has 0 bridgehead atoms. The number of phosphoric acid groups is 1. The molecule has 2 aromatic rings. The van der Waals surface area contributed by atoms with Gasteiger partial charge in [-0.05, 0) is 61.8 Å². The number of unbranched alkanes of at least 4 members (excludes halogenated alkanes) is 21. The van der Waals surface area contributed by atoms with E-state index in [4.69, 9.17) is 9.05 Å². The highest BCUT2D eigenvalue weighted by atomic mass is 31.2. The number of benzene rings is 2. The summed E-state index contributed by atoms with van der Waals surface area (Å²) in [5.74, 6) is 0.753. The fourth-order valence-corrected chi connectivity index (χ4v) is 7.35. The first-order valence-electron chi connectivity index (χ1n) is 21.3. The van der Waals surface area contributed by atoms with Crippen molar-refractivity contribution in [1.82, 2.24) is 0 Å². The third kappa shape index (κ3) is 27.5. The highest BCUT2D eigenvalue weighted by molar-refractivity contribution is 7.46. The van der Waals surface area contributed by atoms with Gasteiger partial charge in [-0.2, -0.15) is 0 Å². The normalized spacial score (nSPS) is 11.7. The minimum atomic E-state index is -4.56. The van der Waals surface area contributed by atoms with Crippen LogP contribution < -0.4 is 13.9 Å². The fourth-order valence-electron chi connectivity index (χ4n) is 6.48. The van der Waals surface area contributed by atoms with Gasteiger partial charge in [-0.3, -0.25) is 0 Å². The van der Waals surface area contributed by atoms with Crippen LogP contribution in [-0.4, -0.2) is 32.2 Å². The molecule has 0 aromatic heterocycles. The van der Waals surface area contributed by atoms with Gasteiger partial charge >= 0.3 is 7.82 Å². The average molecular weight is 730 g/mol. The summed E-state index contributed by atoms with van der Waals surface area (Å²) in [5, 5.41) is 0. The maximum atomic E-state index is 12.8.